The number of hydrogen-bond donors (Lipinski definition) is 1. The molecule has 1 saturated carbocycles. The van der Waals surface area contributed by atoms with E-state index in [9.17, 15) is 18.0 Å². The minimum Gasteiger partial charge on any atom is -0.497 e. The Morgan fingerprint density at radius 2 is 1.83 bits per heavy atom. The van der Waals surface area contributed by atoms with Gasteiger partial charge in [-0.25, -0.2) is 8.42 Å². The molecule has 10 heteroatoms. The number of benzene rings is 2. The van der Waals surface area contributed by atoms with Crippen LogP contribution in [-0.2, 0) is 26.2 Å². The molecule has 35 heavy (non-hydrogen) atoms. The molecule has 0 spiro atoms. The average molecular weight is 522 g/mol. The Labute approximate surface area is 212 Å². The standard InChI is InChI=1S/C25H32ClN3O5S/c1-18(25(31)27-20-10-5-6-11-20)28(16-19-9-4-7-14-23(19)26)24(30)17-29(35(3,32)33)21-12-8-13-22(15-21)34-2/h4,7-9,12-15,18,20H,5-6,10-11,16-17H2,1-3H3,(H,27,31)/t18-/m1/s1. The normalized spacial score (nSPS) is 14.9. The van der Waals surface area contributed by atoms with Crippen molar-refractivity contribution in [1.29, 1.82) is 0 Å². The van der Waals surface area contributed by atoms with Crippen LogP contribution in [0.15, 0.2) is 48.5 Å². The number of anilines is 1. The van der Waals surface area contributed by atoms with Crippen LogP contribution in [-0.4, -0.2) is 57.1 Å². The van der Waals surface area contributed by atoms with Crippen LogP contribution in [0.1, 0.15) is 38.2 Å². The molecule has 0 saturated heterocycles. The Balaban J connectivity index is 1.90. The van der Waals surface area contributed by atoms with Gasteiger partial charge in [-0.05, 0) is 43.5 Å². The van der Waals surface area contributed by atoms with Gasteiger partial charge in [0.2, 0.25) is 21.8 Å². The van der Waals surface area contributed by atoms with Gasteiger partial charge in [0.25, 0.3) is 0 Å². The van der Waals surface area contributed by atoms with Crippen LogP contribution in [0, 0.1) is 0 Å². The van der Waals surface area contributed by atoms with Crippen LogP contribution in [0.5, 0.6) is 5.75 Å². The summed E-state index contributed by atoms with van der Waals surface area (Å²) in [5, 5.41) is 3.49. The Kier molecular flexibility index (Phi) is 9.02. The molecule has 8 nitrogen and oxygen atoms in total. The van der Waals surface area contributed by atoms with E-state index in [0.29, 0.717) is 22.0 Å². The minimum atomic E-state index is -3.81. The maximum atomic E-state index is 13.6. The molecule has 0 bridgehead atoms. The smallest absolute Gasteiger partial charge is 0.244 e. The molecule has 0 aromatic heterocycles. The molecule has 1 aliphatic rings. The third-order valence-corrected chi connectivity index (χ3v) is 7.70. The number of nitrogens with zero attached hydrogens (tertiary/aromatic N) is 2. The van der Waals surface area contributed by atoms with Gasteiger partial charge < -0.3 is 15.0 Å². The van der Waals surface area contributed by atoms with E-state index >= 15 is 0 Å². The quantitative estimate of drug-likeness (QED) is 0.515. The third kappa shape index (κ3) is 7.11. The summed E-state index contributed by atoms with van der Waals surface area (Å²) in [6.45, 7) is 1.24. The van der Waals surface area contributed by atoms with Crippen molar-refractivity contribution in [2.45, 2.75) is 51.2 Å². The van der Waals surface area contributed by atoms with Gasteiger partial charge in [-0.15, -0.1) is 0 Å². The van der Waals surface area contributed by atoms with Gasteiger partial charge in [-0.3, -0.25) is 13.9 Å². The van der Waals surface area contributed by atoms with E-state index in [1.165, 1.54) is 12.0 Å². The molecule has 2 aromatic carbocycles. The fourth-order valence-electron chi connectivity index (χ4n) is 4.16. The SMILES string of the molecule is COc1cccc(N(CC(=O)N(Cc2ccccc2Cl)[C@H](C)C(=O)NC2CCCC2)S(C)(=O)=O)c1. The van der Waals surface area contributed by atoms with E-state index < -0.39 is 28.5 Å². The fraction of sp³-hybridized carbons (Fsp3) is 0.440. The van der Waals surface area contributed by atoms with Gasteiger partial charge in [-0.1, -0.05) is 48.7 Å². The molecule has 2 amide bonds. The van der Waals surface area contributed by atoms with Crippen molar-refractivity contribution in [2.24, 2.45) is 0 Å². The predicted molar refractivity (Wildman–Crippen MR) is 137 cm³/mol. The average Bonchev–Trinajstić information content (AvgIpc) is 3.33. The van der Waals surface area contributed by atoms with E-state index in [1.54, 1.807) is 55.5 Å². The van der Waals surface area contributed by atoms with Crippen LogP contribution in [0.3, 0.4) is 0 Å². The number of nitrogens with one attached hydrogen (secondary N) is 1. The summed E-state index contributed by atoms with van der Waals surface area (Å²) < 4.78 is 31.5. The summed E-state index contributed by atoms with van der Waals surface area (Å²) in [5.41, 5.74) is 0.955. The number of carbonyl (C=O) groups excluding carboxylic acids is 2. The Hall–Kier alpha value is -2.78. The van der Waals surface area contributed by atoms with Crippen molar-refractivity contribution in [1.82, 2.24) is 10.2 Å². The lowest BCUT2D eigenvalue weighted by Crippen LogP contribution is -2.52. The van der Waals surface area contributed by atoms with Gasteiger partial charge in [0.05, 0.1) is 19.1 Å². The first-order valence-corrected chi connectivity index (χ1v) is 13.8. The van der Waals surface area contributed by atoms with Gasteiger partial charge >= 0.3 is 0 Å². The number of methoxy groups -OCH3 is 1. The van der Waals surface area contributed by atoms with Crippen molar-refractivity contribution in [3.63, 3.8) is 0 Å². The van der Waals surface area contributed by atoms with Crippen LogP contribution in [0.2, 0.25) is 5.02 Å². The first kappa shape index (κ1) is 26.8. The molecule has 1 aliphatic carbocycles. The minimum absolute atomic E-state index is 0.0630. The molecule has 3 rings (SSSR count). The molecule has 0 heterocycles. The molecule has 2 aromatic rings. The lowest BCUT2D eigenvalue weighted by molar-refractivity contribution is -0.139. The second-order valence-electron chi connectivity index (χ2n) is 8.75. The summed E-state index contributed by atoms with van der Waals surface area (Å²) in [7, 11) is -2.34. The molecular formula is C25H32ClN3O5S. The zero-order valence-electron chi connectivity index (χ0n) is 20.2. The highest BCUT2D eigenvalue weighted by Crippen LogP contribution is 2.25. The maximum Gasteiger partial charge on any atom is 0.244 e. The molecule has 190 valence electrons. The van der Waals surface area contributed by atoms with Crippen molar-refractivity contribution in [2.75, 3.05) is 24.2 Å². The van der Waals surface area contributed by atoms with E-state index in [1.807, 2.05) is 0 Å². The van der Waals surface area contributed by atoms with Crippen molar-refractivity contribution in [3.8, 4) is 5.75 Å². The van der Waals surface area contributed by atoms with E-state index in [-0.39, 0.29) is 18.5 Å². The number of sulfonamides is 1. The van der Waals surface area contributed by atoms with Gasteiger partial charge in [0.15, 0.2) is 0 Å². The number of carbonyl (C=O) groups is 2. The second-order valence-corrected chi connectivity index (χ2v) is 11.1. The molecule has 0 radical (unpaired) electrons. The van der Waals surface area contributed by atoms with Crippen molar-refractivity contribution in [3.05, 3.63) is 59.1 Å². The predicted octanol–water partition coefficient (Wildman–Crippen LogP) is 3.59. The summed E-state index contributed by atoms with van der Waals surface area (Å²) in [6.07, 6.45) is 4.98. The number of amides is 2. The Morgan fingerprint density at radius 3 is 2.46 bits per heavy atom. The Morgan fingerprint density at radius 1 is 1.14 bits per heavy atom. The number of rotatable bonds is 10. The molecule has 0 unspecified atom stereocenters. The van der Waals surface area contributed by atoms with Crippen LogP contribution < -0.4 is 14.4 Å². The lowest BCUT2D eigenvalue weighted by Gasteiger charge is -2.32. The van der Waals surface area contributed by atoms with Crippen LogP contribution >= 0.6 is 11.6 Å². The van der Waals surface area contributed by atoms with Gasteiger partial charge in [0.1, 0.15) is 18.3 Å². The summed E-state index contributed by atoms with van der Waals surface area (Å²) >= 11 is 6.34. The first-order chi connectivity index (χ1) is 16.6. The zero-order valence-corrected chi connectivity index (χ0v) is 21.8. The molecule has 0 aliphatic heterocycles. The monoisotopic (exact) mass is 521 g/mol. The topological polar surface area (TPSA) is 96.0 Å². The highest BCUT2D eigenvalue weighted by atomic mass is 35.5. The van der Waals surface area contributed by atoms with E-state index in [4.69, 9.17) is 16.3 Å². The van der Waals surface area contributed by atoms with E-state index in [2.05, 4.69) is 5.32 Å². The second kappa shape index (κ2) is 11.8. The Bertz CT molecular complexity index is 1150. The van der Waals surface area contributed by atoms with Crippen LogP contribution in [0.4, 0.5) is 5.69 Å². The number of ether oxygens (including phenoxy) is 1. The lowest BCUT2D eigenvalue weighted by atomic mass is 10.1. The third-order valence-electron chi connectivity index (χ3n) is 6.19. The summed E-state index contributed by atoms with van der Waals surface area (Å²) in [5.74, 6) is -0.336. The maximum absolute atomic E-state index is 13.6. The van der Waals surface area contributed by atoms with Gasteiger partial charge in [-0.2, -0.15) is 0 Å². The highest BCUT2D eigenvalue weighted by Gasteiger charge is 2.31. The molecule has 1 atom stereocenters. The van der Waals surface area contributed by atoms with Crippen LogP contribution in [0.25, 0.3) is 0 Å². The largest absolute Gasteiger partial charge is 0.497 e. The van der Waals surface area contributed by atoms with E-state index in [0.717, 1.165) is 36.2 Å². The highest BCUT2D eigenvalue weighted by molar-refractivity contribution is 7.92. The molecular weight excluding hydrogens is 490 g/mol. The zero-order chi connectivity index (χ0) is 25.6. The number of hydrogen-bond acceptors (Lipinski definition) is 5. The van der Waals surface area contributed by atoms with Crippen molar-refractivity contribution < 1.29 is 22.7 Å². The van der Waals surface area contributed by atoms with Gasteiger partial charge in [0, 0.05) is 23.7 Å². The molecule has 1 fully saturated rings. The van der Waals surface area contributed by atoms with Crippen molar-refractivity contribution >= 4 is 39.1 Å². The molecule has 1 N–H and O–H groups in total. The number of halogens is 1. The summed E-state index contributed by atoms with van der Waals surface area (Å²) in [4.78, 5) is 28.0. The fourth-order valence-corrected chi connectivity index (χ4v) is 5.20. The first-order valence-electron chi connectivity index (χ1n) is 11.5. The summed E-state index contributed by atoms with van der Waals surface area (Å²) in [6, 6.07) is 12.8.